The van der Waals surface area contributed by atoms with Crippen molar-refractivity contribution in [3.8, 4) is 5.75 Å². The summed E-state index contributed by atoms with van der Waals surface area (Å²) in [5, 5.41) is 19.5. The zero-order chi connectivity index (χ0) is 16.1. The van der Waals surface area contributed by atoms with Gasteiger partial charge in [-0.3, -0.25) is 5.43 Å². The smallest absolute Gasteiger partial charge is 0.191 e. The van der Waals surface area contributed by atoms with Crippen LogP contribution in [0.25, 0.3) is 10.8 Å². The number of nitrogens with zero attached hydrogens (tertiary/aromatic N) is 1. The van der Waals surface area contributed by atoms with Gasteiger partial charge < -0.3 is 21.4 Å². The van der Waals surface area contributed by atoms with Gasteiger partial charge in [0.1, 0.15) is 5.75 Å². The van der Waals surface area contributed by atoms with E-state index in [1.54, 1.807) is 12.3 Å². The van der Waals surface area contributed by atoms with Crippen molar-refractivity contribution in [2.75, 3.05) is 5.32 Å². The first-order chi connectivity index (χ1) is 11.2. The minimum atomic E-state index is 0. The van der Waals surface area contributed by atoms with Crippen molar-refractivity contribution in [2.45, 2.75) is 0 Å². The molecule has 26 heavy (non-hydrogen) atoms. The van der Waals surface area contributed by atoms with Gasteiger partial charge in [0.25, 0.3) is 0 Å². The molecule has 3 aromatic carbocycles. The fraction of sp³-hybridized carbons (Fsp3) is 0. The van der Waals surface area contributed by atoms with Gasteiger partial charge in [-0.1, -0.05) is 42.5 Å². The average molecular weight is 408 g/mol. The average Bonchev–Trinajstić information content (AvgIpc) is 2.56. The van der Waals surface area contributed by atoms with E-state index >= 15 is 0 Å². The van der Waals surface area contributed by atoms with Gasteiger partial charge in [0.05, 0.1) is 6.21 Å². The Morgan fingerprint density at radius 3 is 2.15 bits per heavy atom. The first-order valence-corrected chi connectivity index (χ1v) is 7.50. The maximum Gasteiger partial charge on any atom is 0.191 e. The largest absolute Gasteiger partial charge is 2.00 e. The normalized spacial score (nSPS) is 9.54. The monoisotopic (exact) mass is 408 g/mol. The van der Waals surface area contributed by atoms with Crippen molar-refractivity contribution in [1.29, 1.82) is 0 Å². The summed E-state index contributed by atoms with van der Waals surface area (Å²) in [6, 6.07) is 21.0. The van der Waals surface area contributed by atoms with E-state index in [9.17, 15) is 5.11 Å². The molecule has 0 atom stereocenters. The molecular weight excluding hydrogens is 393 g/mol. The number of hydrogen-bond acceptors (Lipinski definition) is 3. The quantitative estimate of drug-likeness (QED) is 0.266. The van der Waals surface area contributed by atoms with Crippen LogP contribution in [0.2, 0.25) is 0 Å². The molecule has 0 aliphatic carbocycles. The Kier molecular flexibility index (Phi) is 10.1. The van der Waals surface area contributed by atoms with Crippen LogP contribution in [0.1, 0.15) is 5.56 Å². The minimum absolute atomic E-state index is 0. The van der Waals surface area contributed by atoms with Crippen molar-refractivity contribution >= 4 is 40.0 Å². The van der Waals surface area contributed by atoms with Crippen LogP contribution >= 0.6 is 12.2 Å². The second-order valence-corrected chi connectivity index (χ2v) is 5.36. The molecule has 1 radical (unpaired) electrons. The number of hydrogen-bond donors (Lipinski definition) is 3. The van der Waals surface area contributed by atoms with Gasteiger partial charge in [-0.25, -0.2) is 0 Å². The number of phenolic OH excluding ortho intramolecular Hbond substituents is 1. The van der Waals surface area contributed by atoms with E-state index in [0.717, 1.165) is 16.5 Å². The molecule has 0 saturated heterocycles. The van der Waals surface area contributed by atoms with Gasteiger partial charge in [-0.05, 0) is 47.3 Å². The number of aromatic hydroxyl groups is 1. The molecule has 0 bridgehead atoms. The van der Waals surface area contributed by atoms with Crippen molar-refractivity contribution in [3.05, 3.63) is 72.3 Å². The number of hydrazone groups is 1. The van der Waals surface area contributed by atoms with Gasteiger partial charge in [-0.15, -0.1) is 0 Å². The Balaban J connectivity index is 0.00000208. The number of benzene rings is 3. The number of fused-ring (bicyclic) bond motifs is 1. The van der Waals surface area contributed by atoms with Gasteiger partial charge in [0, 0.05) is 28.3 Å². The van der Waals surface area contributed by atoms with Crippen molar-refractivity contribution < 1.29 is 33.1 Å². The van der Waals surface area contributed by atoms with Crippen LogP contribution in [-0.2, 0) is 28.0 Å². The van der Waals surface area contributed by atoms with E-state index in [1.807, 2.05) is 60.7 Å². The summed E-state index contributed by atoms with van der Waals surface area (Å²) in [5.41, 5.74) is 4.24. The zero-order valence-corrected chi connectivity index (χ0v) is 15.4. The van der Waals surface area contributed by atoms with Crippen LogP contribution in [0.3, 0.4) is 0 Å². The third-order valence-corrected chi connectivity index (χ3v) is 3.49. The van der Waals surface area contributed by atoms with Crippen LogP contribution in [-0.4, -0.2) is 16.4 Å². The number of rotatable bonds is 3. The van der Waals surface area contributed by atoms with Crippen molar-refractivity contribution in [3.63, 3.8) is 0 Å². The fourth-order valence-electron chi connectivity index (χ4n) is 2.19. The molecule has 3 rings (SSSR count). The van der Waals surface area contributed by atoms with Crippen molar-refractivity contribution in [2.24, 2.45) is 5.10 Å². The molecule has 0 aliphatic rings. The van der Waals surface area contributed by atoms with Crippen LogP contribution in [0.15, 0.2) is 71.8 Å². The maximum absolute atomic E-state index is 10.0. The van der Waals surface area contributed by atoms with E-state index in [-0.39, 0.29) is 33.8 Å². The summed E-state index contributed by atoms with van der Waals surface area (Å²) < 4.78 is 0. The Hall–Kier alpha value is -2.48. The summed E-state index contributed by atoms with van der Waals surface area (Å²) in [5.74, 6) is 0.177. The molecule has 0 aliphatic heterocycles. The summed E-state index contributed by atoms with van der Waals surface area (Å²) in [6.07, 6.45) is 1.54. The van der Waals surface area contributed by atoms with Crippen molar-refractivity contribution in [1.82, 2.24) is 5.43 Å². The molecule has 0 amide bonds. The molecule has 3 N–H and O–H groups in total. The van der Waals surface area contributed by atoms with Crippen LogP contribution in [0.4, 0.5) is 5.69 Å². The standard InChI is InChI=1S/C18H15N3OS.Mn.2O/c22-17-11-14-7-5-4-6-13(14)10-15(17)12-19-21-18(23)20-16-8-2-1-3-9-16;;;/h1-12,22H,(H2,20,21,23);;;/q;;2*-2/b19-12+;;;. The Morgan fingerprint density at radius 2 is 1.50 bits per heavy atom. The minimum Gasteiger partial charge on any atom is -2.00 e. The molecule has 137 valence electrons. The van der Waals surface area contributed by atoms with Crippen LogP contribution in [0, 0.1) is 0 Å². The molecule has 0 fully saturated rings. The Labute approximate surface area is 167 Å². The first-order valence-electron chi connectivity index (χ1n) is 7.09. The Bertz CT molecular complexity index is 876. The number of anilines is 1. The summed E-state index contributed by atoms with van der Waals surface area (Å²) in [7, 11) is 0. The number of phenols is 1. The second-order valence-electron chi connectivity index (χ2n) is 4.95. The van der Waals surface area contributed by atoms with E-state index in [2.05, 4.69) is 15.8 Å². The Morgan fingerprint density at radius 1 is 0.923 bits per heavy atom. The number of thiocarbonyl (C=S) groups is 1. The molecule has 8 heteroatoms. The van der Waals surface area contributed by atoms with Gasteiger partial charge in [0.2, 0.25) is 0 Å². The predicted octanol–water partition coefficient (Wildman–Crippen LogP) is 3.63. The first kappa shape index (κ1) is 23.5. The molecule has 6 nitrogen and oxygen atoms in total. The third kappa shape index (κ3) is 6.11. The number of nitrogens with one attached hydrogen (secondary N) is 2. The predicted molar refractivity (Wildman–Crippen MR) is 100 cm³/mol. The molecule has 0 saturated carbocycles. The van der Waals surface area contributed by atoms with E-state index < -0.39 is 0 Å². The zero-order valence-electron chi connectivity index (χ0n) is 13.4. The summed E-state index contributed by atoms with van der Waals surface area (Å²) in [6.45, 7) is 0. The topological polar surface area (TPSA) is 114 Å². The van der Waals surface area contributed by atoms with Gasteiger partial charge in [0.15, 0.2) is 5.11 Å². The van der Waals surface area contributed by atoms with E-state index in [1.165, 1.54) is 0 Å². The molecule has 0 unspecified atom stereocenters. The van der Waals surface area contributed by atoms with E-state index in [4.69, 9.17) is 12.2 Å². The fourth-order valence-corrected chi connectivity index (χ4v) is 2.36. The maximum atomic E-state index is 10.0. The van der Waals surface area contributed by atoms with E-state index in [0.29, 0.717) is 10.7 Å². The van der Waals surface area contributed by atoms with Gasteiger partial charge >= 0.3 is 0 Å². The van der Waals surface area contributed by atoms with Crippen LogP contribution < -0.4 is 10.7 Å². The molecule has 0 aromatic heterocycles. The molecule has 0 spiro atoms. The summed E-state index contributed by atoms with van der Waals surface area (Å²) in [4.78, 5) is 0. The van der Waals surface area contributed by atoms with Crippen LogP contribution in [0.5, 0.6) is 5.75 Å². The molecule has 0 heterocycles. The summed E-state index contributed by atoms with van der Waals surface area (Å²) >= 11 is 5.16. The van der Waals surface area contributed by atoms with Gasteiger partial charge in [-0.2, -0.15) is 5.10 Å². The third-order valence-electron chi connectivity index (χ3n) is 3.30. The molecule has 3 aromatic rings. The number of para-hydroxylation sites is 1. The SMILES string of the molecule is Oc1cc2ccccc2cc1/C=N/NC(=S)Nc1ccccc1.[Mn].[O-2].[O-2]. The molecular formula is C18H15MnN3O3S-4. The second kappa shape index (κ2) is 11.2.